The Hall–Kier alpha value is -2.78. The molecular formula is C26H35N5O3S. The molecule has 0 bridgehead atoms. The van der Waals surface area contributed by atoms with Crippen molar-refractivity contribution in [3.8, 4) is 0 Å². The van der Waals surface area contributed by atoms with Gasteiger partial charge in [0, 0.05) is 43.9 Å². The molecule has 1 aliphatic heterocycles. The first-order valence-electron chi connectivity index (χ1n) is 12.4. The molecule has 2 aromatic heterocycles. The molecule has 1 N–H and O–H groups in total. The maximum Gasteiger partial charge on any atom is 0.243 e. The third kappa shape index (κ3) is 5.73. The zero-order chi connectivity index (χ0) is 25.2. The number of fused-ring (bicyclic) bond motifs is 1. The molecule has 1 fully saturated rings. The van der Waals surface area contributed by atoms with E-state index in [0.717, 1.165) is 23.4 Å². The number of rotatable bonds is 8. The van der Waals surface area contributed by atoms with E-state index in [0.29, 0.717) is 44.0 Å². The molecule has 8 nitrogen and oxygen atoms in total. The summed E-state index contributed by atoms with van der Waals surface area (Å²) in [6.07, 6.45) is 4.48. The quantitative estimate of drug-likeness (QED) is 0.489. The molecule has 188 valence electrons. The maximum atomic E-state index is 13.3. The van der Waals surface area contributed by atoms with Crippen LogP contribution in [0.2, 0.25) is 0 Å². The monoisotopic (exact) mass is 497 g/mol. The lowest BCUT2D eigenvalue weighted by molar-refractivity contribution is -0.116. The summed E-state index contributed by atoms with van der Waals surface area (Å²) in [4.78, 5) is 21.6. The number of amides is 1. The van der Waals surface area contributed by atoms with Gasteiger partial charge in [-0.3, -0.25) is 4.79 Å². The molecule has 3 aromatic rings. The second-order valence-corrected chi connectivity index (χ2v) is 12.1. The standard InChI is InChI=1S/C26H35N5O3S/c1-18(2)16-24-29-23-6-5-13-27-26(23)31(24)21-11-14-30(15-12-21)35(33,34)22-9-7-20(8-10-22)28-25(32)17-19(3)4/h5-10,13,18-19,21H,11-12,14-17H2,1-4H3,(H,28,32). The maximum absolute atomic E-state index is 13.3. The lowest BCUT2D eigenvalue weighted by atomic mass is 10.1. The number of sulfonamides is 1. The van der Waals surface area contributed by atoms with E-state index in [9.17, 15) is 13.2 Å². The van der Waals surface area contributed by atoms with Crippen molar-refractivity contribution in [3.63, 3.8) is 0 Å². The minimum absolute atomic E-state index is 0.0731. The predicted molar refractivity (Wildman–Crippen MR) is 138 cm³/mol. The van der Waals surface area contributed by atoms with Gasteiger partial charge in [-0.1, -0.05) is 27.7 Å². The van der Waals surface area contributed by atoms with Crippen molar-refractivity contribution in [1.29, 1.82) is 0 Å². The lowest BCUT2D eigenvalue weighted by Gasteiger charge is -2.32. The number of hydrogen-bond donors (Lipinski definition) is 1. The molecule has 1 aliphatic rings. The summed E-state index contributed by atoms with van der Waals surface area (Å²) in [6.45, 7) is 9.19. The average molecular weight is 498 g/mol. The highest BCUT2D eigenvalue weighted by Crippen LogP contribution is 2.31. The Kier molecular flexibility index (Phi) is 7.56. The Labute approximate surface area is 207 Å². The highest BCUT2D eigenvalue weighted by atomic mass is 32.2. The molecule has 0 aliphatic carbocycles. The first-order chi connectivity index (χ1) is 16.6. The molecule has 0 spiro atoms. The van der Waals surface area contributed by atoms with Crippen LogP contribution >= 0.6 is 0 Å². The topological polar surface area (TPSA) is 97.2 Å². The number of aromatic nitrogens is 3. The molecule has 0 unspecified atom stereocenters. The number of pyridine rings is 1. The van der Waals surface area contributed by atoms with Crippen molar-refractivity contribution < 1.29 is 13.2 Å². The van der Waals surface area contributed by atoms with Crippen molar-refractivity contribution in [2.75, 3.05) is 18.4 Å². The molecule has 35 heavy (non-hydrogen) atoms. The zero-order valence-electron chi connectivity index (χ0n) is 20.9. The van der Waals surface area contributed by atoms with Gasteiger partial charge >= 0.3 is 0 Å². The Bertz CT molecular complexity index is 1270. The number of nitrogens with zero attached hydrogens (tertiary/aromatic N) is 4. The minimum atomic E-state index is -3.61. The summed E-state index contributed by atoms with van der Waals surface area (Å²) in [5.41, 5.74) is 2.36. The van der Waals surface area contributed by atoms with E-state index < -0.39 is 10.0 Å². The summed E-state index contributed by atoms with van der Waals surface area (Å²) in [5, 5.41) is 2.82. The summed E-state index contributed by atoms with van der Waals surface area (Å²) in [6, 6.07) is 10.5. The van der Waals surface area contributed by atoms with Gasteiger partial charge in [0.1, 0.15) is 11.3 Å². The molecule has 0 radical (unpaired) electrons. The third-order valence-corrected chi connectivity index (χ3v) is 8.18. The Balaban J connectivity index is 1.46. The van der Waals surface area contributed by atoms with Gasteiger partial charge in [-0.2, -0.15) is 4.31 Å². The van der Waals surface area contributed by atoms with Crippen LogP contribution in [-0.4, -0.2) is 46.3 Å². The predicted octanol–water partition coefficient (Wildman–Crippen LogP) is 4.64. The third-order valence-electron chi connectivity index (χ3n) is 6.27. The number of carbonyl (C=O) groups excluding carboxylic acids is 1. The summed E-state index contributed by atoms with van der Waals surface area (Å²) >= 11 is 0. The van der Waals surface area contributed by atoms with Crippen LogP contribution < -0.4 is 5.32 Å². The molecule has 1 saturated heterocycles. The van der Waals surface area contributed by atoms with E-state index in [2.05, 4.69) is 28.7 Å². The normalized spacial score (nSPS) is 15.8. The van der Waals surface area contributed by atoms with E-state index >= 15 is 0 Å². The minimum Gasteiger partial charge on any atom is -0.326 e. The number of hydrogen-bond acceptors (Lipinski definition) is 5. The first-order valence-corrected chi connectivity index (χ1v) is 13.8. The fourth-order valence-corrected chi connectivity index (χ4v) is 6.12. The Morgan fingerprint density at radius 3 is 2.37 bits per heavy atom. The number of carbonyl (C=O) groups is 1. The van der Waals surface area contributed by atoms with Gasteiger partial charge in [0.15, 0.2) is 5.65 Å². The van der Waals surface area contributed by atoms with Crippen LogP contribution in [0.1, 0.15) is 58.8 Å². The largest absolute Gasteiger partial charge is 0.326 e. The fraction of sp³-hybridized carbons (Fsp3) is 0.500. The second kappa shape index (κ2) is 10.5. The van der Waals surface area contributed by atoms with Gasteiger partial charge < -0.3 is 9.88 Å². The molecule has 1 amide bonds. The fourth-order valence-electron chi connectivity index (χ4n) is 4.65. The van der Waals surface area contributed by atoms with Crippen molar-refractivity contribution >= 4 is 32.8 Å². The lowest BCUT2D eigenvalue weighted by Crippen LogP contribution is -2.39. The van der Waals surface area contributed by atoms with Gasteiger partial charge in [0.25, 0.3) is 0 Å². The molecular weight excluding hydrogens is 462 g/mol. The highest BCUT2D eigenvalue weighted by Gasteiger charge is 2.31. The number of benzene rings is 1. The van der Waals surface area contributed by atoms with E-state index in [1.54, 1.807) is 34.8 Å². The zero-order valence-corrected chi connectivity index (χ0v) is 21.8. The molecule has 1 aromatic carbocycles. The summed E-state index contributed by atoms with van der Waals surface area (Å²) < 4.78 is 30.4. The van der Waals surface area contributed by atoms with Crippen molar-refractivity contribution in [2.45, 2.75) is 64.3 Å². The van der Waals surface area contributed by atoms with Crippen LogP contribution in [0, 0.1) is 11.8 Å². The van der Waals surface area contributed by atoms with Crippen molar-refractivity contribution in [1.82, 2.24) is 18.8 Å². The van der Waals surface area contributed by atoms with Gasteiger partial charge in [0.2, 0.25) is 15.9 Å². The number of nitrogens with one attached hydrogen (secondary N) is 1. The number of anilines is 1. The highest BCUT2D eigenvalue weighted by molar-refractivity contribution is 7.89. The molecule has 0 saturated carbocycles. The summed E-state index contributed by atoms with van der Waals surface area (Å²) in [7, 11) is -3.61. The smallest absolute Gasteiger partial charge is 0.243 e. The van der Waals surface area contributed by atoms with Gasteiger partial charge in [-0.15, -0.1) is 0 Å². The van der Waals surface area contributed by atoms with Gasteiger partial charge in [0.05, 0.1) is 4.90 Å². The van der Waals surface area contributed by atoms with E-state index in [1.807, 2.05) is 26.0 Å². The second-order valence-electron chi connectivity index (χ2n) is 10.1. The van der Waals surface area contributed by atoms with E-state index in [-0.39, 0.29) is 22.8 Å². The Morgan fingerprint density at radius 1 is 1.06 bits per heavy atom. The van der Waals surface area contributed by atoms with Gasteiger partial charge in [-0.25, -0.2) is 18.4 Å². The number of imidazole rings is 1. The molecule has 0 atom stereocenters. The molecule has 4 rings (SSSR count). The van der Waals surface area contributed by atoms with Gasteiger partial charge in [-0.05, 0) is 61.1 Å². The van der Waals surface area contributed by atoms with E-state index in [1.165, 1.54) is 0 Å². The SMILES string of the molecule is CC(C)CC(=O)Nc1ccc(S(=O)(=O)N2CCC(n3c(CC(C)C)nc4cccnc43)CC2)cc1. The van der Waals surface area contributed by atoms with Crippen LogP contribution in [0.5, 0.6) is 0 Å². The average Bonchev–Trinajstić information content (AvgIpc) is 3.16. The molecule has 3 heterocycles. The first kappa shape index (κ1) is 25.3. The van der Waals surface area contributed by atoms with Crippen LogP contribution in [0.4, 0.5) is 5.69 Å². The van der Waals surface area contributed by atoms with Crippen molar-refractivity contribution in [3.05, 3.63) is 48.4 Å². The number of piperidine rings is 1. The summed E-state index contributed by atoms with van der Waals surface area (Å²) in [5.74, 6) is 1.67. The van der Waals surface area contributed by atoms with Crippen LogP contribution in [-0.2, 0) is 21.2 Å². The van der Waals surface area contributed by atoms with Crippen molar-refractivity contribution in [2.24, 2.45) is 11.8 Å². The van der Waals surface area contributed by atoms with Crippen LogP contribution in [0.3, 0.4) is 0 Å². The van der Waals surface area contributed by atoms with Crippen LogP contribution in [0.25, 0.3) is 11.2 Å². The molecule has 9 heteroatoms. The Morgan fingerprint density at radius 2 is 1.74 bits per heavy atom. The van der Waals surface area contributed by atoms with Crippen LogP contribution in [0.15, 0.2) is 47.5 Å². The van der Waals surface area contributed by atoms with E-state index in [4.69, 9.17) is 4.98 Å².